The Hall–Kier alpha value is -0.260. The Morgan fingerprint density at radius 2 is 1.86 bits per heavy atom. The molecule has 0 rings (SSSR count). The highest BCUT2D eigenvalue weighted by molar-refractivity contribution is 4.63. The molecule has 0 saturated heterocycles. The zero-order chi connectivity index (χ0) is 6.12. The summed E-state index contributed by atoms with van der Waals surface area (Å²) in [4.78, 5) is 0. The van der Waals surface area contributed by atoms with E-state index in [-0.39, 0.29) is 0 Å². The van der Waals surface area contributed by atoms with E-state index in [0.29, 0.717) is 0 Å². The minimum atomic E-state index is 1.15. The number of rotatable bonds is 2. The fourth-order valence-corrected chi connectivity index (χ4v) is 0.204. The first-order valence-corrected chi connectivity index (χ1v) is 3.02. The van der Waals surface area contributed by atoms with Gasteiger partial charge in [-0.2, -0.15) is 0 Å². The summed E-state index contributed by atoms with van der Waals surface area (Å²) in [6, 6.07) is 0. The molecule has 0 aliphatic rings. The predicted molar refractivity (Wildman–Crippen MR) is 36.5 cm³/mol. The van der Waals surface area contributed by atoms with Crippen LogP contribution in [0.1, 0.15) is 33.6 Å². The fourth-order valence-electron chi connectivity index (χ4n) is 0.204. The Morgan fingerprint density at radius 3 is 1.86 bits per heavy atom. The second-order valence-electron chi connectivity index (χ2n) is 1.08. The molecule has 0 aliphatic heterocycles. The number of hydrogen-bond acceptors (Lipinski definition) is 0. The van der Waals surface area contributed by atoms with E-state index in [1.807, 2.05) is 19.9 Å². The molecular weight excluding hydrogens is 84.1 g/mol. The Labute approximate surface area is 47.2 Å². The SMILES string of the molecule is C=CCCC.CC. The van der Waals surface area contributed by atoms with Crippen LogP contribution in [0.25, 0.3) is 0 Å². The summed E-state index contributed by atoms with van der Waals surface area (Å²) in [5.41, 5.74) is 0. The van der Waals surface area contributed by atoms with Crippen molar-refractivity contribution in [3.8, 4) is 0 Å². The molecule has 44 valence electrons. The van der Waals surface area contributed by atoms with Gasteiger partial charge >= 0.3 is 0 Å². The molecule has 0 N–H and O–H groups in total. The fraction of sp³-hybridized carbons (Fsp3) is 0.714. The van der Waals surface area contributed by atoms with Gasteiger partial charge < -0.3 is 0 Å². The maximum absolute atomic E-state index is 3.55. The molecule has 0 heteroatoms. The molecule has 0 bridgehead atoms. The summed E-state index contributed by atoms with van der Waals surface area (Å²) < 4.78 is 0. The van der Waals surface area contributed by atoms with Crippen molar-refractivity contribution in [2.75, 3.05) is 0 Å². The van der Waals surface area contributed by atoms with Crippen LogP contribution in [-0.4, -0.2) is 0 Å². The molecule has 0 aromatic rings. The highest BCUT2D eigenvalue weighted by Gasteiger charge is 1.61. The van der Waals surface area contributed by atoms with Crippen molar-refractivity contribution in [3.05, 3.63) is 12.7 Å². The van der Waals surface area contributed by atoms with Crippen LogP contribution < -0.4 is 0 Å². The summed E-state index contributed by atoms with van der Waals surface area (Å²) >= 11 is 0. The van der Waals surface area contributed by atoms with Crippen LogP contribution in [0.5, 0.6) is 0 Å². The van der Waals surface area contributed by atoms with E-state index in [1.54, 1.807) is 0 Å². The van der Waals surface area contributed by atoms with E-state index < -0.39 is 0 Å². The van der Waals surface area contributed by atoms with E-state index in [9.17, 15) is 0 Å². The third-order valence-corrected chi connectivity index (χ3v) is 0.493. The van der Waals surface area contributed by atoms with Gasteiger partial charge in [0.25, 0.3) is 0 Å². The van der Waals surface area contributed by atoms with Crippen LogP contribution in [-0.2, 0) is 0 Å². The van der Waals surface area contributed by atoms with Gasteiger partial charge in [0.15, 0.2) is 0 Å². The summed E-state index contributed by atoms with van der Waals surface area (Å²) in [5, 5.41) is 0. The first-order valence-electron chi connectivity index (χ1n) is 3.02. The molecule has 0 saturated carbocycles. The minimum Gasteiger partial charge on any atom is -0.103 e. The van der Waals surface area contributed by atoms with E-state index in [1.165, 1.54) is 6.42 Å². The third kappa shape index (κ3) is 26.5. The average molecular weight is 100 g/mol. The highest BCUT2D eigenvalue weighted by Crippen LogP contribution is 1.82. The van der Waals surface area contributed by atoms with Crippen molar-refractivity contribution in [1.29, 1.82) is 0 Å². The molecule has 0 aliphatic carbocycles. The van der Waals surface area contributed by atoms with Gasteiger partial charge in [0.05, 0.1) is 0 Å². The number of hydrogen-bond donors (Lipinski definition) is 0. The van der Waals surface area contributed by atoms with Crippen molar-refractivity contribution in [2.24, 2.45) is 0 Å². The smallest absolute Gasteiger partial charge is 0.0356 e. The normalized spacial score (nSPS) is 6.14. The van der Waals surface area contributed by atoms with Gasteiger partial charge in [-0.05, 0) is 6.42 Å². The lowest BCUT2D eigenvalue weighted by molar-refractivity contribution is 0.961. The predicted octanol–water partition coefficient (Wildman–Crippen LogP) is 3.00. The standard InChI is InChI=1S/C5H10.C2H6/c1-3-5-4-2;1-2/h3H,1,4-5H2,2H3;1-2H3. The lowest BCUT2D eigenvalue weighted by atomic mass is 10.3. The molecule has 0 radical (unpaired) electrons. The van der Waals surface area contributed by atoms with Crippen molar-refractivity contribution in [2.45, 2.75) is 33.6 Å². The zero-order valence-electron chi connectivity index (χ0n) is 5.70. The van der Waals surface area contributed by atoms with E-state index >= 15 is 0 Å². The molecule has 0 amide bonds. The van der Waals surface area contributed by atoms with Crippen molar-refractivity contribution >= 4 is 0 Å². The van der Waals surface area contributed by atoms with Gasteiger partial charge in [0, 0.05) is 0 Å². The zero-order valence-corrected chi connectivity index (χ0v) is 5.70. The summed E-state index contributed by atoms with van der Waals surface area (Å²) in [7, 11) is 0. The van der Waals surface area contributed by atoms with Gasteiger partial charge in [-0.15, -0.1) is 6.58 Å². The molecular formula is C7H16. The van der Waals surface area contributed by atoms with Gasteiger partial charge in [0.1, 0.15) is 0 Å². The van der Waals surface area contributed by atoms with Gasteiger partial charge in [-0.3, -0.25) is 0 Å². The number of unbranched alkanes of at least 4 members (excludes halogenated alkanes) is 1. The molecule has 0 aromatic carbocycles. The Balaban J connectivity index is 0. The van der Waals surface area contributed by atoms with Crippen LogP contribution in [0.4, 0.5) is 0 Å². The quantitative estimate of drug-likeness (QED) is 0.468. The van der Waals surface area contributed by atoms with Gasteiger partial charge in [0.2, 0.25) is 0 Å². The second kappa shape index (κ2) is 17.2. The van der Waals surface area contributed by atoms with Crippen molar-refractivity contribution in [3.63, 3.8) is 0 Å². The minimum absolute atomic E-state index is 1.15. The third-order valence-electron chi connectivity index (χ3n) is 0.493. The van der Waals surface area contributed by atoms with Crippen molar-refractivity contribution in [1.82, 2.24) is 0 Å². The maximum Gasteiger partial charge on any atom is -0.0356 e. The summed E-state index contributed by atoms with van der Waals surface area (Å²) in [6.45, 7) is 9.69. The second-order valence-corrected chi connectivity index (χ2v) is 1.08. The van der Waals surface area contributed by atoms with Crippen LogP contribution in [0, 0.1) is 0 Å². The molecule has 0 aromatic heterocycles. The molecule has 0 atom stereocenters. The largest absolute Gasteiger partial charge is 0.103 e. The van der Waals surface area contributed by atoms with Gasteiger partial charge in [-0.1, -0.05) is 33.3 Å². The van der Waals surface area contributed by atoms with E-state index in [4.69, 9.17) is 0 Å². The summed E-state index contributed by atoms with van der Waals surface area (Å²) in [6.07, 6.45) is 4.31. The summed E-state index contributed by atoms with van der Waals surface area (Å²) in [5.74, 6) is 0. The first-order chi connectivity index (χ1) is 3.41. The van der Waals surface area contributed by atoms with E-state index in [2.05, 4.69) is 13.5 Å². The van der Waals surface area contributed by atoms with Crippen LogP contribution in [0.15, 0.2) is 12.7 Å². The molecule has 0 unspecified atom stereocenters. The monoisotopic (exact) mass is 100 g/mol. The van der Waals surface area contributed by atoms with Gasteiger partial charge in [-0.25, -0.2) is 0 Å². The maximum atomic E-state index is 3.55. The average Bonchev–Trinajstić information content (AvgIpc) is 1.75. The van der Waals surface area contributed by atoms with E-state index in [0.717, 1.165) is 6.42 Å². The lowest BCUT2D eigenvalue weighted by Gasteiger charge is -1.72. The lowest BCUT2D eigenvalue weighted by Crippen LogP contribution is -1.52. The Kier molecular flexibility index (Phi) is 24.3. The van der Waals surface area contributed by atoms with Crippen LogP contribution >= 0.6 is 0 Å². The molecule has 0 nitrogen and oxygen atoms in total. The Bertz CT molecular complexity index is 21.2. The molecule has 0 heterocycles. The number of allylic oxidation sites excluding steroid dienone is 1. The van der Waals surface area contributed by atoms with Crippen LogP contribution in [0.2, 0.25) is 0 Å². The highest BCUT2D eigenvalue weighted by atomic mass is 13.7. The first kappa shape index (κ1) is 9.88. The Morgan fingerprint density at radius 1 is 1.43 bits per heavy atom. The van der Waals surface area contributed by atoms with Crippen molar-refractivity contribution < 1.29 is 0 Å². The van der Waals surface area contributed by atoms with Crippen LogP contribution in [0.3, 0.4) is 0 Å². The molecule has 7 heavy (non-hydrogen) atoms. The topological polar surface area (TPSA) is 0 Å². The molecule has 0 fully saturated rings. The molecule has 0 spiro atoms.